The number of carbonyl (C=O) groups excluding carboxylic acids is 4. The number of aliphatic hydroxyl groups excluding tert-OH is 1. The molecule has 636 valence electrons. The Morgan fingerprint density at radius 2 is 0.477 bits per heavy atom. The zero-order chi connectivity index (χ0) is 78.6. The molecule has 0 aliphatic heterocycles. The van der Waals surface area contributed by atoms with Crippen molar-refractivity contribution in [2.75, 3.05) is 39.6 Å². The van der Waals surface area contributed by atoms with Gasteiger partial charge in [-0.3, -0.25) is 37.3 Å². The zero-order valence-electron chi connectivity index (χ0n) is 70.6. The number of aliphatic hydroxyl groups is 1. The molecule has 0 amide bonds. The minimum absolute atomic E-state index is 0.108. The van der Waals surface area contributed by atoms with Gasteiger partial charge in [-0.1, -0.05) is 414 Å². The van der Waals surface area contributed by atoms with E-state index in [4.69, 9.17) is 37.0 Å². The average Bonchev–Trinajstić information content (AvgIpc) is 0.903. The van der Waals surface area contributed by atoms with Crippen LogP contribution in [0.25, 0.3) is 0 Å². The van der Waals surface area contributed by atoms with Crippen LogP contribution in [0.5, 0.6) is 0 Å². The monoisotopic (exact) mass is 1560 g/mol. The van der Waals surface area contributed by atoms with E-state index in [2.05, 4.69) is 48.5 Å². The summed E-state index contributed by atoms with van der Waals surface area (Å²) in [6, 6.07) is 0. The van der Waals surface area contributed by atoms with E-state index >= 15 is 0 Å². The fourth-order valence-corrected chi connectivity index (χ4v) is 15.3. The Balaban J connectivity index is 5.23. The molecule has 0 radical (unpaired) electrons. The maximum atomic E-state index is 13.2. The van der Waals surface area contributed by atoms with E-state index < -0.39 is 97.5 Å². The second-order valence-electron chi connectivity index (χ2n) is 32.8. The van der Waals surface area contributed by atoms with Crippen molar-refractivity contribution in [2.45, 2.75) is 484 Å². The van der Waals surface area contributed by atoms with Crippen molar-refractivity contribution in [1.82, 2.24) is 0 Å². The molecule has 0 aromatic rings. The largest absolute Gasteiger partial charge is 0.472 e. The summed E-state index contributed by atoms with van der Waals surface area (Å²) < 4.78 is 69.0. The smallest absolute Gasteiger partial charge is 0.462 e. The van der Waals surface area contributed by atoms with Gasteiger partial charge in [0.15, 0.2) is 12.2 Å². The SMILES string of the molecule is CCCCCCCCCCCCCCCCCCCCC(=O)O[C@H](COC(=O)CCCCCCCCC(C)CC)COP(=O)(O)OC[C@H](O)COP(=O)(O)OC[C@@H](COC(=O)CCCCCCCCCCCCCCCCCC(C)C)OC(=O)CCCCCCCCCCCCCCCCCCCCC(C)C. The third-order valence-electron chi connectivity index (χ3n) is 21.0. The van der Waals surface area contributed by atoms with Crippen molar-refractivity contribution in [3.8, 4) is 0 Å². The van der Waals surface area contributed by atoms with Crippen molar-refractivity contribution < 1.29 is 80.2 Å². The lowest BCUT2D eigenvalue weighted by atomic mass is 10.00. The first-order valence-electron chi connectivity index (χ1n) is 45.4. The summed E-state index contributed by atoms with van der Waals surface area (Å²) in [5.41, 5.74) is 0. The molecular weight excluding hydrogens is 1390 g/mol. The second kappa shape index (κ2) is 78.0. The summed E-state index contributed by atoms with van der Waals surface area (Å²) in [4.78, 5) is 73.3. The molecule has 19 heteroatoms. The molecule has 6 atom stereocenters. The first-order valence-corrected chi connectivity index (χ1v) is 48.4. The Labute approximate surface area is 658 Å². The lowest BCUT2D eigenvalue weighted by Crippen LogP contribution is -2.30. The number of esters is 4. The number of hydrogen-bond acceptors (Lipinski definition) is 15. The molecule has 107 heavy (non-hydrogen) atoms. The van der Waals surface area contributed by atoms with Crippen molar-refractivity contribution >= 4 is 39.5 Å². The van der Waals surface area contributed by atoms with Crippen LogP contribution < -0.4 is 0 Å². The van der Waals surface area contributed by atoms with Gasteiger partial charge in [-0.2, -0.15) is 0 Å². The lowest BCUT2D eigenvalue weighted by molar-refractivity contribution is -0.161. The van der Waals surface area contributed by atoms with Crippen LogP contribution in [0.2, 0.25) is 0 Å². The number of rotatable bonds is 86. The van der Waals surface area contributed by atoms with E-state index in [1.165, 1.54) is 270 Å². The Hall–Kier alpha value is -1.94. The summed E-state index contributed by atoms with van der Waals surface area (Å²) in [5, 5.41) is 10.7. The van der Waals surface area contributed by atoms with Gasteiger partial charge < -0.3 is 33.8 Å². The number of ether oxygens (including phenoxy) is 4. The lowest BCUT2D eigenvalue weighted by Gasteiger charge is -2.21. The van der Waals surface area contributed by atoms with Gasteiger partial charge in [-0.25, -0.2) is 9.13 Å². The van der Waals surface area contributed by atoms with E-state index in [9.17, 15) is 43.2 Å². The molecule has 3 unspecified atom stereocenters. The number of phosphoric acid groups is 2. The molecule has 0 spiro atoms. The van der Waals surface area contributed by atoms with Gasteiger partial charge in [0.2, 0.25) is 0 Å². The number of phosphoric ester groups is 2. The number of unbranched alkanes of at least 4 members (excludes halogenated alkanes) is 53. The highest BCUT2D eigenvalue weighted by Gasteiger charge is 2.31. The topological polar surface area (TPSA) is 237 Å². The van der Waals surface area contributed by atoms with Crippen LogP contribution >= 0.6 is 15.6 Å². The fourth-order valence-electron chi connectivity index (χ4n) is 13.7. The van der Waals surface area contributed by atoms with E-state index in [0.717, 1.165) is 114 Å². The van der Waals surface area contributed by atoms with Crippen LogP contribution in [-0.2, 0) is 65.4 Å². The van der Waals surface area contributed by atoms with Crippen molar-refractivity contribution in [3.63, 3.8) is 0 Å². The van der Waals surface area contributed by atoms with Crippen LogP contribution in [0.1, 0.15) is 466 Å². The van der Waals surface area contributed by atoms with Crippen LogP contribution in [-0.4, -0.2) is 96.7 Å². The Kier molecular flexibility index (Phi) is 76.6. The summed E-state index contributed by atoms with van der Waals surface area (Å²) in [6.45, 7) is 12.0. The first-order chi connectivity index (χ1) is 51.8. The quantitative estimate of drug-likeness (QED) is 0.0222. The molecule has 0 rings (SSSR count). The average molecular weight is 1560 g/mol. The van der Waals surface area contributed by atoms with Gasteiger partial charge in [0.05, 0.1) is 26.4 Å². The highest BCUT2D eigenvalue weighted by Crippen LogP contribution is 2.45. The molecule has 0 heterocycles. The fraction of sp³-hybridized carbons (Fsp3) is 0.955. The number of carbonyl (C=O) groups is 4. The predicted octanol–water partition coefficient (Wildman–Crippen LogP) is 26.9. The van der Waals surface area contributed by atoms with Crippen molar-refractivity contribution in [2.24, 2.45) is 17.8 Å². The van der Waals surface area contributed by atoms with E-state index in [1.807, 2.05) is 0 Å². The molecule has 0 aliphatic rings. The molecule has 0 bridgehead atoms. The Morgan fingerprint density at radius 1 is 0.271 bits per heavy atom. The number of hydrogen-bond donors (Lipinski definition) is 3. The maximum Gasteiger partial charge on any atom is 0.472 e. The molecule has 0 aromatic carbocycles. The van der Waals surface area contributed by atoms with E-state index in [0.29, 0.717) is 25.7 Å². The van der Waals surface area contributed by atoms with Crippen LogP contribution in [0.4, 0.5) is 0 Å². The van der Waals surface area contributed by atoms with Crippen LogP contribution in [0.3, 0.4) is 0 Å². The molecule has 0 aliphatic carbocycles. The standard InChI is InChI=1S/C88H172O17P2/c1-8-10-11-12-13-14-15-16-17-18-22-27-33-38-43-48-57-65-72-88(93)105-84(76-99-86(91)70-63-56-51-50-54-61-68-81(7)9-2)78-103-107(96,97)101-74-82(89)73-100-106(94,95)102-77-83(75-98-85(90)69-62-55-47-42-37-32-29-24-26-31-36-41-46-53-60-67-80(5)6)104-87(92)71-64-58-49-44-39-34-28-23-20-19-21-25-30-35-40-45-52-59-66-79(3)4/h79-84,89H,8-78H2,1-7H3,(H,94,95)(H,96,97)/t81?,82-,83-,84-/m1/s1. The Bertz CT molecular complexity index is 2060. The minimum atomic E-state index is -4.97. The summed E-state index contributed by atoms with van der Waals surface area (Å²) in [5.74, 6) is 0.254. The highest BCUT2D eigenvalue weighted by atomic mass is 31.2. The van der Waals surface area contributed by atoms with E-state index in [1.54, 1.807) is 0 Å². The normalized spacial score (nSPS) is 14.1. The molecule has 0 saturated heterocycles. The maximum absolute atomic E-state index is 13.2. The molecule has 0 saturated carbocycles. The summed E-state index contributed by atoms with van der Waals surface area (Å²) >= 11 is 0. The summed E-state index contributed by atoms with van der Waals surface area (Å²) in [6.07, 6.45) is 69.5. The zero-order valence-corrected chi connectivity index (χ0v) is 72.4. The minimum Gasteiger partial charge on any atom is -0.462 e. The van der Waals surface area contributed by atoms with Crippen LogP contribution in [0.15, 0.2) is 0 Å². The predicted molar refractivity (Wildman–Crippen MR) is 441 cm³/mol. The van der Waals surface area contributed by atoms with Gasteiger partial charge >= 0.3 is 39.5 Å². The molecule has 0 aromatic heterocycles. The van der Waals surface area contributed by atoms with Gasteiger partial charge in [-0.05, 0) is 43.4 Å². The first kappa shape index (κ1) is 105. The summed E-state index contributed by atoms with van der Waals surface area (Å²) in [7, 11) is -9.93. The van der Waals surface area contributed by atoms with Gasteiger partial charge in [0.1, 0.15) is 19.3 Å². The molecular formula is C88H172O17P2. The van der Waals surface area contributed by atoms with Crippen LogP contribution in [0, 0.1) is 17.8 Å². The van der Waals surface area contributed by atoms with Gasteiger partial charge in [0.25, 0.3) is 0 Å². The molecule has 3 N–H and O–H groups in total. The van der Waals surface area contributed by atoms with Crippen molar-refractivity contribution in [1.29, 1.82) is 0 Å². The molecule has 17 nitrogen and oxygen atoms in total. The van der Waals surface area contributed by atoms with Gasteiger partial charge in [0, 0.05) is 25.7 Å². The second-order valence-corrected chi connectivity index (χ2v) is 35.7. The van der Waals surface area contributed by atoms with Gasteiger partial charge in [-0.15, -0.1) is 0 Å². The van der Waals surface area contributed by atoms with E-state index in [-0.39, 0.29) is 25.7 Å². The Morgan fingerprint density at radius 3 is 0.710 bits per heavy atom. The highest BCUT2D eigenvalue weighted by molar-refractivity contribution is 7.47. The molecule has 0 fully saturated rings. The third kappa shape index (κ3) is 80.5. The third-order valence-corrected chi connectivity index (χ3v) is 22.9. The van der Waals surface area contributed by atoms with Crippen molar-refractivity contribution in [3.05, 3.63) is 0 Å².